The quantitative estimate of drug-likeness (QED) is 0.697. The molecule has 2 heterocycles. The van der Waals surface area contributed by atoms with Gasteiger partial charge in [-0.2, -0.15) is 18.3 Å². The molecule has 1 aliphatic heterocycles. The number of alkyl halides is 3. The molecule has 0 unspecified atom stereocenters. The second kappa shape index (κ2) is 8.13. The topological polar surface area (TPSA) is 99.5 Å². The molecular weight excluding hydrogens is 415 g/mol. The first-order chi connectivity index (χ1) is 13.6. The van der Waals surface area contributed by atoms with Crippen molar-refractivity contribution >= 4 is 16.0 Å². The highest BCUT2D eigenvalue weighted by Gasteiger charge is 2.39. The molecule has 0 saturated heterocycles. The average Bonchev–Trinajstić information content (AvgIpc) is 3.07. The van der Waals surface area contributed by atoms with E-state index < -0.39 is 27.9 Å². The Bertz CT molecular complexity index is 1000. The SMILES string of the molecule is COC(=O)c1ccc(S(=O)(=O)NCCn2nc(C(F)(F)F)c3c2CCOC3)cc1. The zero-order valence-corrected chi connectivity index (χ0v) is 16.1. The lowest BCUT2D eigenvalue weighted by Crippen LogP contribution is -2.28. The summed E-state index contributed by atoms with van der Waals surface area (Å²) in [6.07, 6.45) is -4.35. The van der Waals surface area contributed by atoms with Crippen LogP contribution in [0.25, 0.3) is 0 Å². The summed E-state index contributed by atoms with van der Waals surface area (Å²) in [5.74, 6) is -0.602. The Labute approximate surface area is 164 Å². The first kappa shape index (κ1) is 21.3. The van der Waals surface area contributed by atoms with Gasteiger partial charge in [-0.05, 0) is 24.3 Å². The zero-order chi connectivity index (χ0) is 21.2. The number of aromatic nitrogens is 2. The third-order valence-corrected chi connectivity index (χ3v) is 5.84. The van der Waals surface area contributed by atoms with Crippen molar-refractivity contribution in [1.29, 1.82) is 0 Å². The molecule has 0 saturated carbocycles. The highest BCUT2D eigenvalue weighted by molar-refractivity contribution is 7.89. The summed E-state index contributed by atoms with van der Waals surface area (Å²) in [5.41, 5.74) is -0.430. The van der Waals surface area contributed by atoms with E-state index in [1.165, 1.54) is 36.1 Å². The number of rotatable bonds is 6. The van der Waals surface area contributed by atoms with Crippen LogP contribution in [0, 0.1) is 0 Å². The van der Waals surface area contributed by atoms with Crippen molar-refractivity contribution in [1.82, 2.24) is 14.5 Å². The predicted octanol–water partition coefficient (Wildman–Crippen LogP) is 1.74. The van der Waals surface area contributed by atoms with Gasteiger partial charge in [0.15, 0.2) is 5.69 Å². The van der Waals surface area contributed by atoms with Crippen LogP contribution < -0.4 is 4.72 Å². The number of esters is 1. The van der Waals surface area contributed by atoms with Crippen molar-refractivity contribution in [2.45, 2.75) is 30.6 Å². The molecule has 0 bridgehead atoms. The van der Waals surface area contributed by atoms with E-state index in [1.54, 1.807) is 0 Å². The highest BCUT2D eigenvalue weighted by atomic mass is 32.2. The lowest BCUT2D eigenvalue weighted by molar-refractivity contribution is -0.142. The third kappa shape index (κ3) is 4.60. The van der Waals surface area contributed by atoms with E-state index in [1.807, 2.05) is 0 Å². The molecule has 0 spiro atoms. The van der Waals surface area contributed by atoms with Crippen LogP contribution in [0.1, 0.15) is 27.3 Å². The number of benzene rings is 1. The molecule has 158 valence electrons. The van der Waals surface area contributed by atoms with Crippen LogP contribution >= 0.6 is 0 Å². The maximum atomic E-state index is 13.2. The molecule has 0 fully saturated rings. The molecule has 3 rings (SSSR count). The number of nitrogens with one attached hydrogen (secondary N) is 1. The summed E-state index contributed by atoms with van der Waals surface area (Å²) in [5, 5.41) is 3.62. The summed E-state index contributed by atoms with van der Waals surface area (Å²) in [6, 6.07) is 5.09. The zero-order valence-electron chi connectivity index (χ0n) is 15.3. The number of halogens is 3. The number of ether oxygens (including phenoxy) is 2. The monoisotopic (exact) mass is 433 g/mol. The highest BCUT2D eigenvalue weighted by Crippen LogP contribution is 2.34. The van der Waals surface area contributed by atoms with E-state index in [-0.39, 0.29) is 48.7 Å². The number of fused-ring (bicyclic) bond motifs is 1. The van der Waals surface area contributed by atoms with E-state index in [0.29, 0.717) is 5.69 Å². The van der Waals surface area contributed by atoms with Gasteiger partial charge in [-0.15, -0.1) is 0 Å². The smallest absolute Gasteiger partial charge is 0.435 e. The molecule has 29 heavy (non-hydrogen) atoms. The van der Waals surface area contributed by atoms with Gasteiger partial charge in [0.05, 0.1) is 37.3 Å². The number of carbonyl (C=O) groups excluding carboxylic acids is 1. The van der Waals surface area contributed by atoms with Gasteiger partial charge in [0.1, 0.15) is 0 Å². The number of hydrogen-bond acceptors (Lipinski definition) is 6. The van der Waals surface area contributed by atoms with Crippen LogP contribution in [0.3, 0.4) is 0 Å². The lowest BCUT2D eigenvalue weighted by atomic mass is 10.1. The number of methoxy groups -OCH3 is 1. The van der Waals surface area contributed by atoms with Crippen LogP contribution in [0.2, 0.25) is 0 Å². The minimum atomic E-state index is -4.61. The molecule has 1 aromatic heterocycles. The predicted molar refractivity (Wildman–Crippen MR) is 93.6 cm³/mol. The first-order valence-corrected chi connectivity index (χ1v) is 10.0. The molecule has 1 aliphatic rings. The van der Waals surface area contributed by atoms with E-state index in [4.69, 9.17) is 4.74 Å². The van der Waals surface area contributed by atoms with Gasteiger partial charge in [0, 0.05) is 24.2 Å². The first-order valence-electron chi connectivity index (χ1n) is 8.55. The van der Waals surface area contributed by atoms with Gasteiger partial charge in [-0.1, -0.05) is 0 Å². The molecule has 8 nitrogen and oxygen atoms in total. The summed E-state index contributed by atoms with van der Waals surface area (Å²) in [7, 11) is -2.71. The maximum Gasteiger partial charge on any atom is 0.435 e. The fourth-order valence-electron chi connectivity index (χ4n) is 2.98. The Hall–Kier alpha value is -2.44. The second-order valence-corrected chi connectivity index (χ2v) is 7.98. The van der Waals surface area contributed by atoms with Crippen molar-refractivity contribution in [3.05, 3.63) is 46.8 Å². The number of hydrogen-bond donors (Lipinski definition) is 1. The molecule has 0 atom stereocenters. The van der Waals surface area contributed by atoms with Gasteiger partial charge < -0.3 is 9.47 Å². The van der Waals surface area contributed by atoms with Gasteiger partial charge in [0.2, 0.25) is 10.0 Å². The Morgan fingerprint density at radius 2 is 2.00 bits per heavy atom. The largest absolute Gasteiger partial charge is 0.465 e. The fourth-order valence-corrected chi connectivity index (χ4v) is 4.00. The van der Waals surface area contributed by atoms with Crippen LogP contribution in [-0.2, 0) is 45.2 Å². The molecular formula is C17H18F3N3O5S. The third-order valence-electron chi connectivity index (χ3n) is 4.37. The molecule has 0 radical (unpaired) electrons. The minimum Gasteiger partial charge on any atom is -0.465 e. The van der Waals surface area contributed by atoms with Crippen LogP contribution in [-0.4, -0.2) is 44.4 Å². The Morgan fingerprint density at radius 1 is 1.31 bits per heavy atom. The van der Waals surface area contributed by atoms with Gasteiger partial charge in [-0.3, -0.25) is 4.68 Å². The lowest BCUT2D eigenvalue weighted by Gasteiger charge is -2.15. The summed E-state index contributed by atoms with van der Waals surface area (Å²) in [4.78, 5) is 11.3. The Morgan fingerprint density at radius 3 is 2.62 bits per heavy atom. The van der Waals surface area contributed by atoms with Gasteiger partial charge >= 0.3 is 12.1 Å². The molecule has 1 aromatic carbocycles. The fraction of sp³-hybridized carbons (Fsp3) is 0.412. The van der Waals surface area contributed by atoms with E-state index in [2.05, 4.69) is 14.6 Å². The maximum absolute atomic E-state index is 13.2. The summed E-state index contributed by atoms with van der Waals surface area (Å²) >= 11 is 0. The van der Waals surface area contributed by atoms with Crippen molar-refractivity contribution in [3.63, 3.8) is 0 Å². The van der Waals surface area contributed by atoms with Crippen LogP contribution in [0.5, 0.6) is 0 Å². The van der Waals surface area contributed by atoms with Crippen molar-refractivity contribution in [2.24, 2.45) is 0 Å². The van der Waals surface area contributed by atoms with Crippen molar-refractivity contribution in [3.8, 4) is 0 Å². The number of sulfonamides is 1. The normalized spacial score (nSPS) is 14.5. The van der Waals surface area contributed by atoms with E-state index in [0.717, 1.165) is 0 Å². The standard InChI is InChI=1S/C17H18F3N3O5S/c1-27-16(24)11-2-4-12(5-3-11)29(25,26)21-7-8-23-14-6-9-28-10-13(14)15(22-23)17(18,19)20/h2-5,21H,6-10H2,1H3. The number of nitrogens with zero attached hydrogens (tertiary/aromatic N) is 2. The van der Waals surface area contributed by atoms with Gasteiger partial charge in [0.25, 0.3) is 0 Å². The second-order valence-electron chi connectivity index (χ2n) is 6.21. The van der Waals surface area contributed by atoms with Crippen LogP contribution in [0.15, 0.2) is 29.2 Å². The van der Waals surface area contributed by atoms with Crippen LogP contribution in [0.4, 0.5) is 13.2 Å². The summed E-state index contributed by atoms with van der Waals surface area (Å²) < 4.78 is 77.4. The number of carbonyl (C=O) groups is 1. The van der Waals surface area contributed by atoms with E-state index >= 15 is 0 Å². The molecule has 0 aliphatic carbocycles. The minimum absolute atomic E-state index is 0.00925. The van der Waals surface area contributed by atoms with Crippen molar-refractivity contribution in [2.75, 3.05) is 20.3 Å². The van der Waals surface area contributed by atoms with Gasteiger partial charge in [-0.25, -0.2) is 17.9 Å². The molecule has 2 aromatic rings. The Balaban J connectivity index is 1.71. The molecule has 1 N–H and O–H groups in total. The molecule has 0 amide bonds. The van der Waals surface area contributed by atoms with E-state index in [9.17, 15) is 26.4 Å². The van der Waals surface area contributed by atoms with Crippen molar-refractivity contribution < 1.29 is 35.9 Å². The average molecular weight is 433 g/mol. The molecule has 12 heteroatoms. The Kier molecular flexibility index (Phi) is 5.96. The summed E-state index contributed by atoms with van der Waals surface area (Å²) in [6.45, 7) is -0.137.